The summed E-state index contributed by atoms with van der Waals surface area (Å²) in [4.78, 5) is 21.7. The van der Waals surface area contributed by atoms with Crippen molar-refractivity contribution in [2.45, 2.75) is 38.6 Å². The molecule has 3 rings (SSSR count). The van der Waals surface area contributed by atoms with Crippen LogP contribution < -0.4 is 10.2 Å². The van der Waals surface area contributed by atoms with Gasteiger partial charge in [0.1, 0.15) is 17.3 Å². The van der Waals surface area contributed by atoms with E-state index in [0.717, 1.165) is 37.3 Å². The summed E-state index contributed by atoms with van der Waals surface area (Å²) >= 11 is 5.96. The number of halogens is 1. The van der Waals surface area contributed by atoms with E-state index in [1.165, 1.54) is 11.9 Å². The average Bonchev–Trinajstić information content (AvgIpc) is 2.61. The monoisotopic (exact) mass is 358 g/mol. The molecule has 5 nitrogen and oxygen atoms in total. The molecule has 0 aliphatic carbocycles. The lowest BCUT2D eigenvalue weighted by Crippen LogP contribution is -2.33. The van der Waals surface area contributed by atoms with Crippen LogP contribution in [0.25, 0.3) is 0 Å². The van der Waals surface area contributed by atoms with Crippen LogP contribution in [0.2, 0.25) is 5.15 Å². The maximum Gasteiger partial charge on any atom is 0.217 e. The van der Waals surface area contributed by atoms with Gasteiger partial charge in [-0.2, -0.15) is 0 Å². The fourth-order valence-corrected chi connectivity index (χ4v) is 3.53. The molecule has 0 radical (unpaired) electrons. The summed E-state index contributed by atoms with van der Waals surface area (Å²) in [5.74, 6) is 1.45. The first kappa shape index (κ1) is 17.7. The lowest BCUT2D eigenvalue weighted by Gasteiger charge is -2.33. The molecule has 1 atom stereocenters. The zero-order chi connectivity index (χ0) is 17.8. The Morgan fingerprint density at radius 2 is 1.92 bits per heavy atom. The molecule has 132 valence electrons. The largest absolute Gasteiger partial charge is 0.356 e. The standard InChI is InChI=1S/C19H23ClN4O/c1-13(23-14(2)25)15-3-5-16(6-4-15)17-7-9-24(10-8-17)19-11-18(20)21-12-22-19/h3-6,11-13,17H,7-10H2,1-2H3,(H,23,25)/t13-/m0/s1. The number of amides is 1. The molecule has 2 heterocycles. The first-order valence-corrected chi connectivity index (χ1v) is 9.00. The topological polar surface area (TPSA) is 58.1 Å². The minimum Gasteiger partial charge on any atom is -0.356 e. The van der Waals surface area contributed by atoms with Gasteiger partial charge in [-0.05, 0) is 36.8 Å². The number of hydrogen-bond donors (Lipinski definition) is 1. The van der Waals surface area contributed by atoms with E-state index in [2.05, 4.69) is 44.5 Å². The lowest BCUT2D eigenvalue weighted by molar-refractivity contribution is -0.119. The summed E-state index contributed by atoms with van der Waals surface area (Å²) < 4.78 is 0. The number of carbonyl (C=O) groups excluding carboxylic acids is 1. The Morgan fingerprint density at radius 3 is 2.52 bits per heavy atom. The summed E-state index contributed by atoms with van der Waals surface area (Å²) in [6.07, 6.45) is 3.68. The molecule has 1 aromatic carbocycles. The Balaban J connectivity index is 1.60. The van der Waals surface area contributed by atoms with Gasteiger partial charge in [-0.3, -0.25) is 4.79 Å². The summed E-state index contributed by atoms with van der Waals surface area (Å²) in [6.45, 7) is 5.47. The van der Waals surface area contributed by atoms with Gasteiger partial charge in [0.05, 0.1) is 6.04 Å². The van der Waals surface area contributed by atoms with Crippen molar-refractivity contribution in [3.05, 3.63) is 52.9 Å². The summed E-state index contributed by atoms with van der Waals surface area (Å²) in [5.41, 5.74) is 2.49. The minimum absolute atomic E-state index is 0.00577. The Hall–Kier alpha value is -2.14. The zero-order valence-electron chi connectivity index (χ0n) is 14.6. The number of rotatable bonds is 4. The van der Waals surface area contributed by atoms with Crippen molar-refractivity contribution in [3.63, 3.8) is 0 Å². The fraction of sp³-hybridized carbons (Fsp3) is 0.421. The Bertz CT molecular complexity index is 726. The molecule has 1 aliphatic heterocycles. The summed E-state index contributed by atoms with van der Waals surface area (Å²) in [6, 6.07) is 10.5. The van der Waals surface area contributed by atoms with E-state index in [4.69, 9.17) is 11.6 Å². The number of nitrogens with one attached hydrogen (secondary N) is 1. The van der Waals surface area contributed by atoms with Gasteiger partial charge in [0.15, 0.2) is 0 Å². The maximum absolute atomic E-state index is 11.2. The normalized spacial score (nSPS) is 16.5. The van der Waals surface area contributed by atoms with Crippen LogP contribution >= 0.6 is 11.6 Å². The highest BCUT2D eigenvalue weighted by Gasteiger charge is 2.22. The second kappa shape index (κ2) is 7.83. The first-order chi connectivity index (χ1) is 12.0. The third-order valence-corrected chi connectivity index (χ3v) is 4.97. The number of benzene rings is 1. The molecule has 0 unspecified atom stereocenters. The number of carbonyl (C=O) groups is 1. The van der Waals surface area contributed by atoms with E-state index in [-0.39, 0.29) is 11.9 Å². The molecule has 1 amide bonds. The van der Waals surface area contributed by atoms with Gasteiger partial charge in [0.25, 0.3) is 0 Å². The fourth-order valence-electron chi connectivity index (χ4n) is 3.38. The van der Waals surface area contributed by atoms with Crippen molar-refractivity contribution >= 4 is 23.3 Å². The Labute approximate surface area is 153 Å². The second-order valence-corrected chi connectivity index (χ2v) is 6.94. The van der Waals surface area contributed by atoms with Gasteiger partial charge in [0.2, 0.25) is 5.91 Å². The third kappa shape index (κ3) is 4.48. The molecule has 1 N–H and O–H groups in total. The van der Waals surface area contributed by atoms with Crippen molar-refractivity contribution in [2.75, 3.05) is 18.0 Å². The van der Waals surface area contributed by atoms with Gasteiger partial charge in [-0.1, -0.05) is 35.9 Å². The predicted octanol–water partition coefficient (Wildman–Crippen LogP) is 3.71. The molecular formula is C19H23ClN4O. The zero-order valence-corrected chi connectivity index (χ0v) is 15.3. The van der Waals surface area contributed by atoms with E-state index in [1.54, 1.807) is 6.92 Å². The SMILES string of the molecule is CC(=O)N[C@@H](C)c1ccc(C2CCN(c3cc(Cl)ncn3)CC2)cc1. The predicted molar refractivity (Wildman–Crippen MR) is 99.9 cm³/mol. The highest BCUT2D eigenvalue weighted by atomic mass is 35.5. The second-order valence-electron chi connectivity index (χ2n) is 6.55. The molecule has 6 heteroatoms. The van der Waals surface area contributed by atoms with Crippen LogP contribution in [0.4, 0.5) is 5.82 Å². The van der Waals surface area contributed by atoms with Gasteiger partial charge in [-0.25, -0.2) is 9.97 Å². The first-order valence-electron chi connectivity index (χ1n) is 8.62. The number of aromatic nitrogens is 2. The summed E-state index contributed by atoms with van der Waals surface area (Å²) in [5, 5.41) is 3.40. The highest BCUT2D eigenvalue weighted by molar-refractivity contribution is 6.29. The molecule has 1 aliphatic rings. The van der Waals surface area contributed by atoms with Crippen LogP contribution in [0, 0.1) is 0 Å². The van der Waals surface area contributed by atoms with Crippen LogP contribution in [0.15, 0.2) is 36.7 Å². The van der Waals surface area contributed by atoms with Crippen LogP contribution in [0.5, 0.6) is 0 Å². The molecule has 1 fully saturated rings. The van der Waals surface area contributed by atoms with Gasteiger partial charge < -0.3 is 10.2 Å². The Morgan fingerprint density at radius 1 is 1.24 bits per heavy atom. The lowest BCUT2D eigenvalue weighted by atomic mass is 9.88. The van der Waals surface area contributed by atoms with Gasteiger partial charge >= 0.3 is 0 Å². The van der Waals surface area contributed by atoms with E-state index in [0.29, 0.717) is 11.1 Å². The summed E-state index contributed by atoms with van der Waals surface area (Å²) in [7, 11) is 0. The van der Waals surface area contributed by atoms with Gasteiger partial charge in [0, 0.05) is 26.1 Å². The van der Waals surface area contributed by atoms with Crippen molar-refractivity contribution in [1.82, 2.24) is 15.3 Å². The third-order valence-electron chi connectivity index (χ3n) is 4.77. The highest BCUT2D eigenvalue weighted by Crippen LogP contribution is 2.30. The molecule has 0 spiro atoms. The van der Waals surface area contributed by atoms with Crippen molar-refractivity contribution in [2.24, 2.45) is 0 Å². The van der Waals surface area contributed by atoms with Crippen LogP contribution in [-0.4, -0.2) is 29.0 Å². The van der Waals surface area contributed by atoms with E-state index in [9.17, 15) is 4.79 Å². The van der Waals surface area contributed by atoms with E-state index >= 15 is 0 Å². The smallest absolute Gasteiger partial charge is 0.217 e. The maximum atomic E-state index is 11.2. The van der Waals surface area contributed by atoms with Crippen LogP contribution in [0.3, 0.4) is 0 Å². The molecule has 25 heavy (non-hydrogen) atoms. The average molecular weight is 359 g/mol. The van der Waals surface area contributed by atoms with Crippen molar-refractivity contribution < 1.29 is 4.79 Å². The van der Waals surface area contributed by atoms with E-state index in [1.807, 2.05) is 13.0 Å². The van der Waals surface area contributed by atoms with Crippen LogP contribution in [0.1, 0.15) is 49.8 Å². The molecule has 1 aromatic heterocycles. The molecule has 1 saturated heterocycles. The van der Waals surface area contributed by atoms with Crippen molar-refractivity contribution in [1.29, 1.82) is 0 Å². The van der Waals surface area contributed by atoms with Crippen LogP contribution in [-0.2, 0) is 4.79 Å². The molecular weight excluding hydrogens is 336 g/mol. The number of hydrogen-bond acceptors (Lipinski definition) is 4. The molecule has 0 saturated carbocycles. The number of piperidine rings is 1. The van der Waals surface area contributed by atoms with Crippen molar-refractivity contribution in [3.8, 4) is 0 Å². The van der Waals surface area contributed by atoms with Gasteiger partial charge in [-0.15, -0.1) is 0 Å². The minimum atomic E-state index is -0.00577. The quantitative estimate of drug-likeness (QED) is 0.846. The number of anilines is 1. The Kier molecular flexibility index (Phi) is 5.53. The molecule has 0 bridgehead atoms. The molecule has 2 aromatic rings. The van der Waals surface area contributed by atoms with E-state index < -0.39 is 0 Å². The number of nitrogens with zero attached hydrogens (tertiary/aromatic N) is 3.